The van der Waals surface area contributed by atoms with Gasteiger partial charge < -0.3 is 15.2 Å². The van der Waals surface area contributed by atoms with Gasteiger partial charge in [-0.05, 0) is 129 Å². The first kappa shape index (κ1) is 44.9. The molecule has 1 amide bonds. The topological polar surface area (TPSA) is 195 Å². The molecule has 0 unspecified atom stereocenters. The number of sulfonamides is 1. The molecule has 3 N–H and O–H groups in total. The molecule has 1 aliphatic heterocycles. The summed E-state index contributed by atoms with van der Waals surface area (Å²) in [6.07, 6.45) is 9.66. The number of H-pyrrole nitrogens is 1. The van der Waals surface area contributed by atoms with Crippen molar-refractivity contribution in [3.8, 4) is 11.8 Å². The van der Waals surface area contributed by atoms with Gasteiger partial charge >= 0.3 is 0 Å². The number of carbonyl (C=O) groups is 1. The molecule has 2 aliphatic carbocycles. The van der Waals surface area contributed by atoms with Gasteiger partial charge in [0.2, 0.25) is 0 Å². The molecule has 6 aromatic rings. The maximum Gasteiger partial charge on any atom is 0.293 e. The molecule has 9 rings (SSSR count). The number of benzene rings is 3. The van der Waals surface area contributed by atoms with E-state index in [0.29, 0.717) is 28.9 Å². The van der Waals surface area contributed by atoms with Crippen LogP contribution in [0.3, 0.4) is 0 Å². The summed E-state index contributed by atoms with van der Waals surface area (Å²) in [5, 5.41) is 31.1. The standard InChI is InChI=1S/C49H53ClN10O5S/c1-48(2)16-14-35(40(27-48)33-4-6-36(50)7-5-33)30-57-20-22-58(23-21-57)37-8-10-39(43(25-37)59-44-24-34-15-19-52-46(34)55-42(44)29-54-59)47(61)56-66(64,65)38-9-11-41(45(26-38)60(62)63)53-28-32-12-17-49(3,31-51)18-13-32/h4-11,15,19,24-26,29,32,53H,12-14,16-18,20-23,27-28,30H2,1-3H3,(H,52,55)(H,56,61). The fourth-order valence-electron chi connectivity index (χ4n) is 9.70. The summed E-state index contributed by atoms with van der Waals surface area (Å²) in [5.74, 6) is -0.713. The molecule has 0 spiro atoms. The van der Waals surface area contributed by atoms with E-state index in [0.717, 1.165) is 99.8 Å². The summed E-state index contributed by atoms with van der Waals surface area (Å²) in [5.41, 5.74) is 6.80. The lowest BCUT2D eigenvalue weighted by Gasteiger charge is -2.39. The Labute approximate surface area is 389 Å². The van der Waals surface area contributed by atoms with Gasteiger partial charge in [0, 0.05) is 67.6 Å². The highest BCUT2D eigenvalue weighted by Gasteiger charge is 2.33. The Morgan fingerprint density at radius 3 is 2.48 bits per heavy atom. The smallest absolute Gasteiger partial charge is 0.293 e. The molecule has 3 aromatic heterocycles. The van der Waals surface area contributed by atoms with Gasteiger partial charge in [0.15, 0.2) is 0 Å². The Morgan fingerprint density at radius 2 is 1.76 bits per heavy atom. The predicted molar refractivity (Wildman–Crippen MR) is 257 cm³/mol. The van der Waals surface area contributed by atoms with Crippen LogP contribution in [0.2, 0.25) is 5.02 Å². The van der Waals surface area contributed by atoms with Gasteiger partial charge in [0.05, 0.1) is 44.3 Å². The average Bonchev–Trinajstić information content (AvgIpc) is 3.95. The Kier molecular flexibility index (Phi) is 12.1. The number of amides is 1. The minimum Gasteiger partial charge on any atom is -0.379 e. The fraction of sp³-hybridized carbons (Fsp3) is 0.388. The van der Waals surface area contributed by atoms with Gasteiger partial charge in [-0.25, -0.2) is 22.8 Å². The van der Waals surface area contributed by atoms with Crippen molar-refractivity contribution in [1.82, 2.24) is 29.4 Å². The Balaban J connectivity index is 0.960. The molecule has 3 aromatic carbocycles. The van der Waals surface area contributed by atoms with Crippen molar-refractivity contribution < 1.29 is 18.1 Å². The number of rotatable bonds is 12. The summed E-state index contributed by atoms with van der Waals surface area (Å²) in [6, 6.07) is 23.2. The third-order valence-electron chi connectivity index (χ3n) is 13.8. The van der Waals surface area contributed by atoms with E-state index in [1.54, 1.807) is 23.1 Å². The lowest BCUT2D eigenvalue weighted by atomic mass is 9.72. The predicted octanol–water partition coefficient (Wildman–Crippen LogP) is 9.50. The van der Waals surface area contributed by atoms with Crippen molar-refractivity contribution in [3.63, 3.8) is 0 Å². The minimum atomic E-state index is -4.59. The number of allylic oxidation sites excluding steroid dienone is 1. The van der Waals surface area contributed by atoms with E-state index < -0.39 is 31.4 Å². The monoisotopic (exact) mass is 928 g/mol. The molecule has 1 saturated carbocycles. The van der Waals surface area contributed by atoms with Gasteiger partial charge in [-0.2, -0.15) is 10.4 Å². The summed E-state index contributed by atoms with van der Waals surface area (Å²) in [7, 11) is -4.59. The number of aromatic amines is 1. The molecular weight excluding hydrogens is 876 g/mol. The number of hydrogen-bond donors (Lipinski definition) is 3. The van der Waals surface area contributed by atoms with E-state index in [1.807, 2.05) is 43.3 Å². The van der Waals surface area contributed by atoms with Crippen LogP contribution in [0.15, 0.2) is 95.7 Å². The zero-order chi connectivity index (χ0) is 46.4. The number of nitrogens with zero attached hydrogens (tertiary/aromatic N) is 7. The molecule has 66 heavy (non-hydrogen) atoms. The van der Waals surface area contributed by atoms with Crippen LogP contribution in [-0.4, -0.2) is 83.2 Å². The quantitative estimate of drug-likeness (QED) is 0.0781. The van der Waals surface area contributed by atoms with Crippen molar-refractivity contribution in [2.75, 3.05) is 49.5 Å². The molecule has 2 fully saturated rings. The molecule has 0 bridgehead atoms. The molecule has 342 valence electrons. The van der Waals surface area contributed by atoms with E-state index in [4.69, 9.17) is 16.6 Å². The van der Waals surface area contributed by atoms with Crippen LogP contribution in [0.4, 0.5) is 17.1 Å². The van der Waals surface area contributed by atoms with E-state index in [1.165, 1.54) is 28.8 Å². The highest BCUT2D eigenvalue weighted by molar-refractivity contribution is 7.90. The summed E-state index contributed by atoms with van der Waals surface area (Å²) >= 11 is 6.26. The number of halogens is 1. The maximum absolute atomic E-state index is 14.2. The second-order valence-electron chi connectivity index (χ2n) is 19.1. The molecular formula is C49H53ClN10O5S. The summed E-state index contributed by atoms with van der Waals surface area (Å²) in [6.45, 7) is 11.0. The third-order valence-corrected chi connectivity index (χ3v) is 15.4. The second-order valence-corrected chi connectivity index (χ2v) is 21.2. The zero-order valence-corrected chi connectivity index (χ0v) is 38.9. The molecule has 17 heteroatoms. The molecule has 0 radical (unpaired) electrons. The van der Waals surface area contributed by atoms with Gasteiger partial charge in [-0.1, -0.05) is 43.2 Å². The first-order valence-electron chi connectivity index (χ1n) is 22.5. The lowest BCUT2D eigenvalue weighted by Crippen LogP contribution is -2.47. The number of carbonyl (C=O) groups excluding carboxylic acids is 1. The largest absolute Gasteiger partial charge is 0.379 e. The van der Waals surface area contributed by atoms with Crippen LogP contribution in [0.25, 0.3) is 33.3 Å². The van der Waals surface area contributed by atoms with Gasteiger partial charge in [0.1, 0.15) is 16.9 Å². The number of hydrogen-bond acceptors (Lipinski definition) is 11. The average molecular weight is 930 g/mol. The number of nitrogens with one attached hydrogen (secondary N) is 3. The lowest BCUT2D eigenvalue weighted by molar-refractivity contribution is -0.384. The van der Waals surface area contributed by atoms with E-state index >= 15 is 0 Å². The molecule has 1 saturated heterocycles. The van der Waals surface area contributed by atoms with Crippen molar-refractivity contribution in [2.45, 2.75) is 70.6 Å². The Hall–Kier alpha value is -6.28. The van der Waals surface area contributed by atoms with Crippen LogP contribution in [0, 0.1) is 38.2 Å². The normalized spacial score (nSPS) is 20.3. The van der Waals surface area contributed by atoms with Crippen LogP contribution in [0.1, 0.15) is 81.6 Å². The first-order valence-corrected chi connectivity index (χ1v) is 24.3. The number of nitro benzene ring substituents is 1. The highest BCUT2D eigenvalue weighted by atomic mass is 35.5. The first-order chi connectivity index (χ1) is 31.6. The number of nitro groups is 1. The van der Waals surface area contributed by atoms with Crippen molar-refractivity contribution >= 4 is 72.2 Å². The summed E-state index contributed by atoms with van der Waals surface area (Å²) in [4.78, 5) is 38.0. The number of anilines is 2. The van der Waals surface area contributed by atoms with Crippen LogP contribution in [0.5, 0.6) is 0 Å². The molecule has 0 atom stereocenters. The van der Waals surface area contributed by atoms with E-state index in [-0.39, 0.29) is 28.0 Å². The molecule has 15 nitrogen and oxygen atoms in total. The fourth-order valence-corrected chi connectivity index (χ4v) is 10.8. The minimum absolute atomic E-state index is 0.0368. The number of aromatic nitrogens is 4. The van der Waals surface area contributed by atoms with E-state index in [9.17, 15) is 28.6 Å². The highest BCUT2D eigenvalue weighted by Crippen LogP contribution is 2.44. The maximum atomic E-state index is 14.2. The number of piperazine rings is 1. The van der Waals surface area contributed by atoms with Crippen LogP contribution in [-0.2, 0) is 10.0 Å². The Morgan fingerprint density at radius 1 is 1.00 bits per heavy atom. The number of nitriles is 1. The second kappa shape index (κ2) is 17.8. The number of pyridine rings is 1. The SMILES string of the molecule is CC1(C)CCC(CN2CCN(c3ccc(C(=O)NS(=O)(=O)c4ccc(NCC5CCC(C)(C#N)CC5)c([N+](=O)[O-])c4)c(-n4ncc5nc6[nH]ccc6cc54)c3)CC2)=C(c2ccc(Cl)cc2)C1. The van der Waals surface area contributed by atoms with Crippen molar-refractivity contribution in [1.29, 1.82) is 5.26 Å². The van der Waals surface area contributed by atoms with Crippen molar-refractivity contribution in [3.05, 3.63) is 117 Å². The zero-order valence-electron chi connectivity index (χ0n) is 37.3. The molecule has 4 heterocycles. The van der Waals surface area contributed by atoms with Crippen LogP contribution < -0.4 is 14.9 Å². The van der Waals surface area contributed by atoms with Crippen LogP contribution >= 0.6 is 11.6 Å². The van der Waals surface area contributed by atoms with Gasteiger partial charge in [-0.3, -0.25) is 19.8 Å². The van der Waals surface area contributed by atoms with E-state index in [2.05, 4.69) is 62.0 Å². The summed E-state index contributed by atoms with van der Waals surface area (Å²) < 4.78 is 31.6. The number of fused-ring (bicyclic) bond motifs is 2. The van der Waals surface area contributed by atoms with Gasteiger partial charge in [0.25, 0.3) is 21.6 Å². The Bertz CT molecular complexity index is 3030. The third kappa shape index (κ3) is 9.38. The molecule has 3 aliphatic rings. The van der Waals surface area contributed by atoms with Gasteiger partial charge in [-0.15, -0.1) is 0 Å². The van der Waals surface area contributed by atoms with Crippen molar-refractivity contribution in [2.24, 2.45) is 16.7 Å².